The molecule has 1 rings (SSSR count). The fraction of sp³-hybridized carbons (Fsp3) is 0.500. The summed E-state index contributed by atoms with van der Waals surface area (Å²) in [5.74, 6) is 0.632. The molecule has 13 heavy (non-hydrogen) atoms. The number of hydrogen-bond donors (Lipinski definition) is 1. The molecule has 0 aliphatic heterocycles. The first-order chi connectivity index (χ1) is 6.20. The summed E-state index contributed by atoms with van der Waals surface area (Å²) in [5.41, 5.74) is 7.14. The van der Waals surface area contributed by atoms with Gasteiger partial charge in [-0.25, -0.2) is 0 Å². The highest BCUT2D eigenvalue weighted by Gasteiger charge is 2.05. The first-order valence-corrected chi connectivity index (χ1v) is 5.00. The van der Waals surface area contributed by atoms with Crippen molar-refractivity contribution in [3.8, 4) is 0 Å². The minimum absolute atomic E-state index is 0.325. The molecular formula is C12H19N. The largest absolute Gasteiger partial charge is 0.328 e. The van der Waals surface area contributed by atoms with Gasteiger partial charge < -0.3 is 5.73 Å². The van der Waals surface area contributed by atoms with Gasteiger partial charge in [-0.1, -0.05) is 37.3 Å². The summed E-state index contributed by atoms with van der Waals surface area (Å²) in [5, 5.41) is 0. The first kappa shape index (κ1) is 10.3. The minimum Gasteiger partial charge on any atom is -0.328 e. The predicted molar refractivity (Wildman–Crippen MR) is 57.7 cm³/mol. The highest BCUT2D eigenvalue weighted by molar-refractivity contribution is 5.18. The van der Waals surface area contributed by atoms with Gasteiger partial charge in [0.1, 0.15) is 0 Å². The molecule has 2 unspecified atom stereocenters. The molecule has 72 valence electrons. The number of nitrogens with two attached hydrogens (primary N) is 1. The summed E-state index contributed by atoms with van der Waals surface area (Å²) < 4.78 is 0. The Balaban J connectivity index is 2.44. The van der Waals surface area contributed by atoms with Crippen LogP contribution in [0.1, 0.15) is 38.2 Å². The Morgan fingerprint density at radius 3 is 2.23 bits per heavy atom. The van der Waals surface area contributed by atoms with Crippen molar-refractivity contribution in [2.45, 2.75) is 38.6 Å². The van der Waals surface area contributed by atoms with Gasteiger partial charge in [0.25, 0.3) is 0 Å². The highest BCUT2D eigenvalue weighted by Crippen LogP contribution is 2.20. The zero-order valence-corrected chi connectivity index (χ0v) is 8.53. The van der Waals surface area contributed by atoms with Crippen molar-refractivity contribution in [3.05, 3.63) is 35.9 Å². The van der Waals surface area contributed by atoms with Gasteiger partial charge in [0.15, 0.2) is 0 Å². The van der Waals surface area contributed by atoms with Gasteiger partial charge in [-0.2, -0.15) is 0 Å². The number of hydrogen-bond acceptors (Lipinski definition) is 1. The van der Waals surface area contributed by atoms with Crippen molar-refractivity contribution in [1.29, 1.82) is 0 Å². The molecule has 0 spiro atoms. The molecule has 1 aromatic carbocycles. The number of benzene rings is 1. The van der Waals surface area contributed by atoms with Crippen LogP contribution in [0.5, 0.6) is 0 Å². The van der Waals surface area contributed by atoms with E-state index in [-0.39, 0.29) is 0 Å². The van der Waals surface area contributed by atoms with E-state index in [9.17, 15) is 0 Å². The van der Waals surface area contributed by atoms with Crippen molar-refractivity contribution in [2.75, 3.05) is 0 Å². The molecule has 1 heteroatoms. The first-order valence-electron chi connectivity index (χ1n) is 5.00. The van der Waals surface area contributed by atoms with Crippen LogP contribution >= 0.6 is 0 Å². The van der Waals surface area contributed by atoms with Gasteiger partial charge >= 0.3 is 0 Å². The highest BCUT2D eigenvalue weighted by atomic mass is 14.6. The Morgan fingerprint density at radius 1 is 1.08 bits per heavy atom. The third kappa shape index (κ3) is 3.60. The van der Waals surface area contributed by atoms with Crippen LogP contribution in [-0.4, -0.2) is 6.04 Å². The molecule has 0 amide bonds. The molecule has 0 radical (unpaired) electrons. The molecule has 0 aliphatic carbocycles. The van der Waals surface area contributed by atoms with Crippen molar-refractivity contribution >= 4 is 0 Å². The molecule has 0 bridgehead atoms. The third-order valence-electron chi connectivity index (χ3n) is 2.42. The van der Waals surface area contributed by atoms with Crippen molar-refractivity contribution < 1.29 is 0 Å². The molecule has 0 fully saturated rings. The Hall–Kier alpha value is -0.820. The summed E-state index contributed by atoms with van der Waals surface area (Å²) in [7, 11) is 0. The molecule has 0 aromatic heterocycles. The molecule has 0 saturated carbocycles. The van der Waals surface area contributed by atoms with Crippen LogP contribution in [0.2, 0.25) is 0 Å². The van der Waals surface area contributed by atoms with Crippen molar-refractivity contribution in [1.82, 2.24) is 0 Å². The topological polar surface area (TPSA) is 26.0 Å². The average molecular weight is 177 g/mol. The lowest BCUT2D eigenvalue weighted by molar-refractivity contribution is 0.569. The van der Waals surface area contributed by atoms with E-state index in [1.807, 2.05) is 0 Å². The summed E-state index contributed by atoms with van der Waals surface area (Å²) in [6, 6.07) is 10.9. The van der Waals surface area contributed by atoms with Gasteiger partial charge in [0.2, 0.25) is 0 Å². The molecule has 1 aromatic rings. The second kappa shape index (κ2) is 5.03. The van der Waals surface area contributed by atoms with Gasteiger partial charge in [-0.15, -0.1) is 0 Å². The monoisotopic (exact) mass is 177 g/mol. The van der Waals surface area contributed by atoms with Crippen LogP contribution < -0.4 is 5.73 Å². The Morgan fingerprint density at radius 2 is 1.69 bits per heavy atom. The lowest BCUT2D eigenvalue weighted by atomic mass is 9.95. The van der Waals surface area contributed by atoms with Gasteiger partial charge in [-0.3, -0.25) is 0 Å². The zero-order valence-electron chi connectivity index (χ0n) is 8.53. The van der Waals surface area contributed by atoms with Crippen molar-refractivity contribution in [2.24, 2.45) is 5.73 Å². The van der Waals surface area contributed by atoms with Crippen molar-refractivity contribution in [3.63, 3.8) is 0 Å². The summed E-state index contributed by atoms with van der Waals surface area (Å²) in [6.45, 7) is 4.33. The second-order valence-corrected chi connectivity index (χ2v) is 3.87. The van der Waals surface area contributed by atoms with Crippen LogP contribution in [0.15, 0.2) is 30.3 Å². The van der Waals surface area contributed by atoms with E-state index in [0.29, 0.717) is 12.0 Å². The molecular weight excluding hydrogens is 158 g/mol. The number of rotatable bonds is 4. The van der Waals surface area contributed by atoms with E-state index >= 15 is 0 Å². The van der Waals surface area contributed by atoms with E-state index in [4.69, 9.17) is 5.73 Å². The Labute approximate surface area is 81.0 Å². The van der Waals surface area contributed by atoms with E-state index in [0.717, 1.165) is 6.42 Å². The third-order valence-corrected chi connectivity index (χ3v) is 2.42. The molecule has 0 aliphatic rings. The van der Waals surface area contributed by atoms with Crippen LogP contribution in [0.3, 0.4) is 0 Å². The molecule has 2 atom stereocenters. The molecule has 2 N–H and O–H groups in total. The summed E-state index contributed by atoms with van der Waals surface area (Å²) in [4.78, 5) is 0. The van der Waals surface area contributed by atoms with E-state index in [1.165, 1.54) is 12.0 Å². The van der Waals surface area contributed by atoms with E-state index in [1.54, 1.807) is 0 Å². The van der Waals surface area contributed by atoms with Crippen LogP contribution in [0, 0.1) is 0 Å². The molecule has 0 heterocycles. The Bertz CT molecular complexity index is 228. The fourth-order valence-electron chi connectivity index (χ4n) is 1.46. The molecule has 1 nitrogen and oxygen atoms in total. The summed E-state index contributed by atoms with van der Waals surface area (Å²) in [6.07, 6.45) is 2.29. The minimum atomic E-state index is 0.325. The van der Waals surface area contributed by atoms with E-state index in [2.05, 4.69) is 44.2 Å². The van der Waals surface area contributed by atoms with Gasteiger partial charge in [0, 0.05) is 6.04 Å². The lowest BCUT2D eigenvalue weighted by Crippen LogP contribution is -2.15. The van der Waals surface area contributed by atoms with E-state index < -0.39 is 0 Å². The SMILES string of the molecule is CC(N)CCC(C)c1ccccc1. The van der Waals surface area contributed by atoms with Crippen LogP contribution in [0.4, 0.5) is 0 Å². The standard InChI is InChI=1S/C12H19N/c1-10(8-9-11(2)13)12-6-4-3-5-7-12/h3-7,10-11H,8-9,13H2,1-2H3. The Kier molecular flexibility index (Phi) is 3.97. The smallest absolute Gasteiger partial charge is 0.00106 e. The van der Waals surface area contributed by atoms with Crippen LogP contribution in [-0.2, 0) is 0 Å². The zero-order chi connectivity index (χ0) is 9.68. The fourth-order valence-corrected chi connectivity index (χ4v) is 1.46. The van der Waals surface area contributed by atoms with Crippen LogP contribution in [0.25, 0.3) is 0 Å². The second-order valence-electron chi connectivity index (χ2n) is 3.87. The van der Waals surface area contributed by atoms with Gasteiger partial charge in [0.05, 0.1) is 0 Å². The quantitative estimate of drug-likeness (QED) is 0.752. The average Bonchev–Trinajstić information content (AvgIpc) is 2.15. The maximum Gasteiger partial charge on any atom is 0.00106 e. The normalized spacial score (nSPS) is 15.3. The molecule has 0 saturated heterocycles. The summed E-state index contributed by atoms with van der Waals surface area (Å²) >= 11 is 0. The maximum atomic E-state index is 5.72. The lowest BCUT2D eigenvalue weighted by Gasteiger charge is -2.12. The predicted octanol–water partition coefficient (Wildman–Crippen LogP) is 2.92. The van der Waals surface area contributed by atoms with Gasteiger partial charge in [-0.05, 0) is 31.2 Å². The maximum absolute atomic E-state index is 5.72.